The smallest absolute Gasteiger partial charge is 0.415 e. The van der Waals surface area contributed by atoms with Gasteiger partial charge in [0, 0.05) is 25.2 Å². The second-order valence-electron chi connectivity index (χ2n) is 10.2. The number of carbonyl (C=O) groups is 2. The van der Waals surface area contributed by atoms with E-state index in [0.717, 1.165) is 37.9 Å². The summed E-state index contributed by atoms with van der Waals surface area (Å²) in [5.74, 6) is -0.828. The Bertz CT molecular complexity index is 1060. The molecule has 0 spiro atoms. The lowest BCUT2D eigenvalue weighted by Crippen LogP contribution is -2.36. The molecule has 6 nitrogen and oxygen atoms in total. The summed E-state index contributed by atoms with van der Waals surface area (Å²) >= 11 is 0. The molecule has 0 saturated heterocycles. The maximum atomic E-state index is 15.0. The minimum Gasteiger partial charge on any atom is -0.466 e. The van der Waals surface area contributed by atoms with Gasteiger partial charge in [0.15, 0.2) is 0 Å². The summed E-state index contributed by atoms with van der Waals surface area (Å²) in [5.41, 5.74) is 3.60. The number of amides is 1. The SMILES string of the molecule is CCCN1CCCc2ccc(CN(C(=O)OC(C)(C)C)c3ccc(CCC(=O)OCC)c(F)c3)cc21. The van der Waals surface area contributed by atoms with E-state index in [1.165, 1.54) is 22.2 Å². The number of rotatable bonds is 9. The summed E-state index contributed by atoms with van der Waals surface area (Å²) in [5, 5.41) is 0. The molecule has 0 radical (unpaired) electrons. The molecule has 0 N–H and O–H groups in total. The number of fused-ring (bicyclic) bond motifs is 1. The van der Waals surface area contributed by atoms with Crippen LogP contribution < -0.4 is 9.80 Å². The number of esters is 1. The third-order valence-electron chi connectivity index (χ3n) is 6.06. The van der Waals surface area contributed by atoms with E-state index < -0.39 is 17.5 Å². The lowest BCUT2D eigenvalue weighted by molar-refractivity contribution is -0.143. The van der Waals surface area contributed by atoms with Gasteiger partial charge < -0.3 is 14.4 Å². The zero-order valence-electron chi connectivity index (χ0n) is 22.2. The van der Waals surface area contributed by atoms with Crippen LogP contribution in [-0.2, 0) is 33.7 Å². The van der Waals surface area contributed by atoms with E-state index in [0.29, 0.717) is 17.9 Å². The molecule has 0 aromatic heterocycles. The lowest BCUT2D eigenvalue weighted by atomic mass is 9.99. The second-order valence-corrected chi connectivity index (χ2v) is 10.2. The Kier molecular flexibility index (Phi) is 9.35. The standard InChI is InChI=1S/C29H39FN2O4/c1-6-16-31-17-8-9-23-11-10-21(18-26(23)31)20-32(28(34)36-29(3,4)5)24-14-12-22(25(30)19-24)13-15-27(33)35-7-2/h10-12,14,18-19H,6-9,13,15-17,20H2,1-5H3. The van der Waals surface area contributed by atoms with E-state index in [2.05, 4.69) is 24.0 Å². The highest BCUT2D eigenvalue weighted by Gasteiger charge is 2.25. The van der Waals surface area contributed by atoms with Gasteiger partial charge in [-0.05, 0) is 88.3 Å². The topological polar surface area (TPSA) is 59.1 Å². The molecule has 3 rings (SSSR count). The van der Waals surface area contributed by atoms with Crippen LogP contribution in [0.5, 0.6) is 0 Å². The first kappa shape index (κ1) is 27.5. The highest BCUT2D eigenvalue weighted by molar-refractivity contribution is 5.88. The molecule has 1 aliphatic heterocycles. The van der Waals surface area contributed by atoms with Gasteiger partial charge in [-0.15, -0.1) is 0 Å². The molecule has 1 aliphatic rings. The van der Waals surface area contributed by atoms with Crippen molar-refractivity contribution in [3.05, 3.63) is 58.9 Å². The Morgan fingerprint density at radius 3 is 2.56 bits per heavy atom. The number of nitrogens with zero attached hydrogens (tertiary/aromatic N) is 2. The van der Waals surface area contributed by atoms with Gasteiger partial charge in [0.2, 0.25) is 0 Å². The molecule has 0 atom stereocenters. The lowest BCUT2D eigenvalue weighted by Gasteiger charge is -2.32. The van der Waals surface area contributed by atoms with Crippen molar-refractivity contribution < 1.29 is 23.5 Å². The summed E-state index contributed by atoms with van der Waals surface area (Å²) in [7, 11) is 0. The largest absolute Gasteiger partial charge is 0.466 e. The molecule has 0 aliphatic carbocycles. The first-order valence-electron chi connectivity index (χ1n) is 12.9. The zero-order chi connectivity index (χ0) is 26.3. The van der Waals surface area contributed by atoms with Gasteiger partial charge in [-0.25, -0.2) is 9.18 Å². The molecule has 2 aromatic rings. The highest BCUT2D eigenvalue weighted by atomic mass is 19.1. The minimum atomic E-state index is -0.693. The van der Waals surface area contributed by atoms with Gasteiger partial charge in [-0.3, -0.25) is 9.69 Å². The molecule has 1 heterocycles. The van der Waals surface area contributed by atoms with Crippen molar-refractivity contribution in [1.82, 2.24) is 0 Å². The van der Waals surface area contributed by atoms with Gasteiger partial charge in [0.1, 0.15) is 11.4 Å². The van der Waals surface area contributed by atoms with Crippen LogP contribution >= 0.6 is 0 Å². The van der Waals surface area contributed by atoms with Crippen LogP contribution in [0, 0.1) is 5.82 Å². The van der Waals surface area contributed by atoms with Crippen molar-refractivity contribution in [3.63, 3.8) is 0 Å². The maximum Gasteiger partial charge on any atom is 0.415 e. The van der Waals surface area contributed by atoms with E-state index in [-0.39, 0.29) is 25.4 Å². The fourth-order valence-corrected chi connectivity index (χ4v) is 4.43. The van der Waals surface area contributed by atoms with Gasteiger partial charge in [-0.2, -0.15) is 0 Å². The van der Waals surface area contributed by atoms with E-state index in [9.17, 15) is 9.59 Å². The van der Waals surface area contributed by atoms with Crippen LogP contribution in [-0.4, -0.2) is 37.4 Å². The summed E-state index contributed by atoms with van der Waals surface area (Å²) in [6.07, 6.45) is 3.04. The number of benzene rings is 2. The van der Waals surface area contributed by atoms with Crippen molar-refractivity contribution in [2.45, 2.75) is 78.9 Å². The van der Waals surface area contributed by atoms with Crippen molar-refractivity contribution in [2.24, 2.45) is 0 Å². The number of ether oxygens (including phenoxy) is 2. The van der Waals surface area contributed by atoms with Crippen LogP contribution in [0.1, 0.15) is 70.6 Å². The third kappa shape index (κ3) is 7.45. The monoisotopic (exact) mass is 498 g/mol. The van der Waals surface area contributed by atoms with Crippen molar-refractivity contribution in [1.29, 1.82) is 0 Å². The number of carbonyl (C=O) groups excluding carboxylic acids is 2. The predicted molar refractivity (Wildman–Crippen MR) is 141 cm³/mol. The molecule has 7 heteroatoms. The van der Waals surface area contributed by atoms with Gasteiger partial charge >= 0.3 is 12.1 Å². The Labute approximate surface area is 214 Å². The number of anilines is 2. The van der Waals surface area contributed by atoms with Crippen LogP contribution in [0.25, 0.3) is 0 Å². The number of halogens is 1. The first-order chi connectivity index (χ1) is 17.1. The minimum absolute atomic E-state index is 0.100. The van der Waals surface area contributed by atoms with Crippen LogP contribution in [0.15, 0.2) is 36.4 Å². The Balaban J connectivity index is 1.88. The van der Waals surface area contributed by atoms with Crippen molar-refractivity contribution in [3.8, 4) is 0 Å². The van der Waals surface area contributed by atoms with Crippen LogP contribution in [0.2, 0.25) is 0 Å². The maximum absolute atomic E-state index is 15.0. The average Bonchev–Trinajstić information content (AvgIpc) is 2.81. The van der Waals surface area contributed by atoms with Crippen molar-refractivity contribution >= 4 is 23.4 Å². The average molecular weight is 499 g/mol. The second kappa shape index (κ2) is 12.2. The fourth-order valence-electron chi connectivity index (χ4n) is 4.43. The quantitative estimate of drug-likeness (QED) is 0.373. The Morgan fingerprint density at radius 2 is 1.89 bits per heavy atom. The predicted octanol–water partition coefficient (Wildman–Crippen LogP) is 6.43. The number of aryl methyl sites for hydroxylation is 2. The third-order valence-corrected chi connectivity index (χ3v) is 6.06. The van der Waals surface area contributed by atoms with E-state index in [1.807, 2.05) is 26.8 Å². The number of hydrogen-bond acceptors (Lipinski definition) is 5. The molecular weight excluding hydrogens is 459 g/mol. The molecule has 36 heavy (non-hydrogen) atoms. The van der Waals surface area contributed by atoms with E-state index in [1.54, 1.807) is 19.1 Å². The number of hydrogen-bond donors (Lipinski definition) is 0. The first-order valence-corrected chi connectivity index (χ1v) is 12.9. The summed E-state index contributed by atoms with van der Waals surface area (Å²) in [6.45, 7) is 11.9. The molecule has 0 unspecified atom stereocenters. The zero-order valence-corrected chi connectivity index (χ0v) is 22.2. The molecular formula is C29H39FN2O4. The normalized spacial score (nSPS) is 13.2. The molecule has 0 bridgehead atoms. The summed E-state index contributed by atoms with van der Waals surface area (Å²) < 4.78 is 25.6. The molecule has 1 amide bonds. The van der Waals surface area contributed by atoms with Crippen molar-refractivity contribution in [2.75, 3.05) is 29.5 Å². The van der Waals surface area contributed by atoms with Crippen LogP contribution in [0.4, 0.5) is 20.6 Å². The van der Waals surface area contributed by atoms with Crippen LogP contribution in [0.3, 0.4) is 0 Å². The highest BCUT2D eigenvalue weighted by Crippen LogP contribution is 2.30. The van der Waals surface area contributed by atoms with Gasteiger partial charge in [0.05, 0.1) is 18.8 Å². The Morgan fingerprint density at radius 1 is 1.11 bits per heavy atom. The molecule has 2 aromatic carbocycles. The summed E-state index contributed by atoms with van der Waals surface area (Å²) in [6, 6.07) is 11.0. The molecule has 196 valence electrons. The fraction of sp³-hybridized carbons (Fsp3) is 0.517. The van der Waals surface area contributed by atoms with E-state index in [4.69, 9.17) is 9.47 Å². The van der Waals surface area contributed by atoms with E-state index >= 15 is 4.39 Å². The molecule has 0 saturated carbocycles. The molecule has 0 fully saturated rings. The van der Waals surface area contributed by atoms with Gasteiger partial charge in [-0.1, -0.05) is 25.1 Å². The van der Waals surface area contributed by atoms with Gasteiger partial charge in [0.25, 0.3) is 0 Å². The summed E-state index contributed by atoms with van der Waals surface area (Å²) in [4.78, 5) is 28.8. The Hall–Kier alpha value is -3.09.